The maximum atomic E-state index is 12.5. The molecule has 0 saturated carbocycles. The summed E-state index contributed by atoms with van der Waals surface area (Å²) in [5.74, 6) is 0.409. The summed E-state index contributed by atoms with van der Waals surface area (Å²) in [4.78, 5) is 25.9. The Morgan fingerprint density at radius 3 is 2.07 bits per heavy atom. The molecule has 2 aromatic rings. The summed E-state index contributed by atoms with van der Waals surface area (Å²) in [5.41, 5.74) is 2.46. The van der Waals surface area contributed by atoms with Crippen LogP contribution in [0.25, 0.3) is 0 Å². The lowest BCUT2D eigenvalue weighted by Crippen LogP contribution is -3.14. The number of aryl methyl sites for hydroxylation is 1. The summed E-state index contributed by atoms with van der Waals surface area (Å²) in [7, 11) is 0. The number of rotatable bonds is 10. The van der Waals surface area contributed by atoms with E-state index in [2.05, 4.69) is 10.6 Å². The molecule has 2 aromatic carbocycles. The molecule has 1 atom stereocenters. The molecule has 0 fully saturated rings. The Morgan fingerprint density at radius 1 is 0.893 bits per heavy atom. The van der Waals surface area contributed by atoms with Crippen LogP contribution in [0, 0.1) is 6.92 Å². The molecule has 28 heavy (non-hydrogen) atoms. The van der Waals surface area contributed by atoms with Gasteiger partial charge in [0.25, 0.3) is 11.8 Å². The van der Waals surface area contributed by atoms with Crippen LogP contribution in [0.15, 0.2) is 48.5 Å². The first kappa shape index (κ1) is 21.4. The quantitative estimate of drug-likeness (QED) is 0.588. The summed E-state index contributed by atoms with van der Waals surface area (Å²) in [5, 5.41) is 5.84. The van der Waals surface area contributed by atoms with E-state index in [0.29, 0.717) is 18.0 Å². The van der Waals surface area contributed by atoms with Crippen LogP contribution in [-0.4, -0.2) is 38.1 Å². The lowest BCUT2D eigenvalue weighted by Gasteiger charge is -2.19. The van der Waals surface area contributed by atoms with Crippen LogP contribution in [0.5, 0.6) is 5.75 Å². The van der Waals surface area contributed by atoms with Crippen molar-refractivity contribution in [2.45, 2.75) is 27.2 Å². The Bertz CT molecular complexity index is 792. The fourth-order valence-electron chi connectivity index (χ4n) is 3.00. The van der Waals surface area contributed by atoms with Crippen LogP contribution in [0.2, 0.25) is 0 Å². The SMILES string of the molecule is CCC[NH+](CC(=O)Nc1ccccc1C)CC(=O)Nc1ccccc1OCC. The van der Waals surface area contributed by atoms with Gasteiger partial charge in [0.15, 0.2) is 13.1 Å². The van der Waals surface area contributed by atoms with Crippen molar-refractivity contribution in [2.24, 2.45) is 0 Å². The van der Waals surface area contributed by atoms with Crippen molar-refractivity contribution in [3.05, 3.63) is 54.1 Å². The molecule has 0 radical (unpaired) electrons. The number of hydrogen-bond donors (Lipinski definition) is 3. The molecule has 6 nitrogen and oxygen atoms in total. The van der Waals surface area contributed by atoms with E-state index in [4.69, 9.17) is 4.74 Å². The third-order valence-electron chi connectivity index (χ3n) is 4.30. The number of anilines is 2. The Hall–Kier alpha value is -2.86. The number of ether oxygens (including phenoxy) is 1. The molecule has 3 N–H and O–H groups in total. The Balaban J connectivity index is 1.95. The summed E-state index contributed by atoms with van der Waals surface area (Å²) in [6, 6.07) is 15.0. The molecule has 2 amide bonds. The molecule has 0 aliphatic heterocycles. The number of nitrogens with one attached hydrogen (secondary N) is 3. The first-order valence-corrected chi connectivity index (χ1v) is 9.74. The average molecular weight is 385 g/mol. The minimum Gasteiger partial charge on any atom is -0.492 e. The predicted octanol–water partition coefficient (Wildman–Crippen LogP) is 2.27. The number of carbonyl (C=O) groups excluding carboxylic acids is 2. The summed E-state index contributed by atoms with van der Waals surface area (Å²) in [6.45, 7) is 7.62. The molecular formula is C22H30N3O3+. The van der Waals surface area contributed by atoms with Crippen molar-refractivity contribution in [1.29, 1.82) is 0 Å². The molecule has 2 rings (SSSR count). The minimum atomic E-state index is -0.140. The van der Waals surface area contributed by atoms with Crippen molar-refractivity contribution in [3.8, 4) is 5.75 Å². The van der Waals surface area contributed by atoms with Crippen LogP contribution in [0.4, 0.5) is 11.4 Å². The molecule has 0 aromatic heterocycles. The smallest absolute Gasteiger partial charge is 0.279 e. The highest BCUT2D eigenvalue weighted by Gasteiger charge is 2.19. The van der Waals surface area contributed by atoms with Crippen LogP contribution < -0.4 is 20.3 Å². The van der Waals surface area contributed by atoms with Gasteiger partial charge in [0.05, 0.1) is 18.8 Å². The van der Waals surface area contributed by atoms with Gasteiger partial charge in [0.2, 0.25) is 0 Å². The molecule has 150 valence electrons. The molecule has 0 bridgehead atoms. The number of quaternary nitrogens is 1. The van der Waals surface area contributed by atoms with Crippen molar-refractivity contribution in [2.75, 3.05) is 36.9 Å². The third-order valence-corrected chi connectivity index (χ3v) is 4.30. The molecule has 0 aliphatic rings. The van der Waals surface area contributed by atoms with Gasteiger partial charge in [0.1, 0.15) is 5.75 Å². The first-order chi connectivity index (χ1) is 13.5. The van der Waals surface area contributed by atoms with E-state index in [1.807, 2.05) is 69.3 Å². The highest BCUT2D eigenvalue weighted by molar-refractivity contribution is 5.94. The Kier molecular flexibility index (Phi) is 8.49. The molecular weight excluding hydrogens is 354 g/mol. The highest BCUT2D eigenvalue weighted by Crippen LogP contribution is 2.23. The van der Waals surface area contributed by atoms with Crippen LogP contribution in [0.3, 0.4) is 0 Å². The fourth-order valence-corrected chi connectivity index (χ4v) is 3.00. The topological polar surface area (TPSA) is 71.9 Å². The first-order valence-electron chi connectivity index (χ1n) is 9.74. The van der Waals surface area contributed by atoms with Crippen LogP contribution in [-0.2, 0) is 9.59 Å². The molecule has 1 unspecified atom stereocenters. The zero-order valence-corrected chi connectivity index (χ0v) is 16.9. The number of carbonyl (C=O) groups is 2. The number of amides is 2. The summed E-state index contributed by atoms with van der Waals surface area (Å²) < 4.78 is 5.55. The van der Waals surface area contributed by atoms with E-state index in [-0.39, 0.29) is 24.9 Å². The zero-order chi connectivity index (χ0) is 20.4. The van der Waals surface area contributed by atoms with Crippen molar-refractivity contribution in [1.82, 2.24) is 0 Å². The van der Waals surface area contributed by atoms with Crippen LogP contribution in [0.1, 0.15) is 25.8 Å². The molecule has 6 heteroatoms. The Morgan fingerprint density at radius 2 is 1.46 bits per heavy atom. The maximum Gasteiger partial charge on any atom is 0.279 e. The van der Waals surface area contributed by atoms with Gasteiger partial charge < -0.3 is 20.3 Å². The van der Waals surface area contributed by atoms with E-state index >= 15 is 0 Å². The van der Waals surface area contributed by atoms with Crippen molar-refractivity contribution in [3.63, 3.8) is 0 Å². The second-order valence-corrected chi connectivity index (χ2v) is 6.69. The van der Waals surface area contributed by atoms with Gasteiger partial charge in [0, 0.05) is 5.69 Å². The van der Waals surface area contributed by atoms with E-state index in [9.17, 15) is 9.59 Å². The van der Waals surface area contributed by atoms with Crippen molar-refractivity contribution >= 4 is 23.2 Å². The van der Waals surface area contributed by atoms with Gasteiger partial charge in [-0.1, -0.05) is 37.3 Å². The van der Waals surface area contributed by atoms with Gasteiger partial charge in [-0.15, -0.1) is 0 Å². The maximum absolute atomic E-state index is 12.5. The fraction of sp³-hybridized carbons (Fsp3) is 0.364. The standard InChI is InChI=1S/C22H29N3O3/c1-4-14-25(15-21(26)23-18-11-7-6-10-17(18)3)16-22(27)24-19-12-8-9-13-20(19)28-5-2/h6-13H,4-5,14-16H2,1-3H3,(H,23,26)(H,24,27)/p+1. The van der Waals surface area contributed by atoms with Gasteiger partial charge in [-0.25, -0.2) is 0 Å². The minimum absolute atomic E-state index is 0.0970. The average Bonchev–Trinajstić information content (AvgIpc) is 2.65. The predicted molar refractivity (Wildman–Crippen MR) is 112 cm³/mol. The van der Waals surface area contributed by atoms with Crippen LogP contribution >= 0.6 is 0 Å². The zero-order valence-electron chi connectivity index (χ0n) is 16.9. The molecule has 0 aliphatic carbocycles. The number of benzene rings is 2. The van der Waals surface area contributed by atoms with Crippen molar-refractivity contribution < 1.29 is 19.2 Å². The second kappa shape index (κ2) is 11.1. The second-order valence-electron chi connectivity index (χ2n) is 6.69. The van der Waals surface area contributed by atoms with Gasteiger partial charge >= 0.3 is 0 Å². The Labute approximate surface area is 166 Å². The van der Waals surface area contributed by atoms with Gasteiger partial charge in [-0.3, -0.25) is 9.59 Å². The monoisotopic (exact) mass is 384 g/mol. The number of hydrogen-bond acceptors (Lipinski definition) is 3. The number of para-hydroxylation sites is 3. The van der Waals surface area contributed by atoms with E-state index in [1.165, 1.54) is 0 Å². The summed E-state index contributed by atoms with van der Waals surface area (Å²) in [6.07, 6.45) is 0.885. The molecule has 0 heterocycles. The lowest BCUT2D eigenvalue weighted by molar-refractivity contribution is -0.883. The largest absolute Gasteiger partial charge is 0.492 e. The molecule has 0 spiro atoms. The highest BCUT2D eigenvalue weighted by atomic mass is 16.5. The van der Waals surface area contributed by atoms with E-state index in [0.717, 1.165) is 29.1 Å². The van der Waals surface area contributed by atoms with E-state index < -0.39 is 0 Å². The summed E-state index contributed by atoms with van der Waals surface area (Å²) >= 11 is 0. The van der Waals surface area contributed by atoms with E-state index in [1.54, 1.807) is 0 Å². The van der Waals surface area contributed by atoms with Gasteiger partial charge in [-0.05, 0) is 44.0 Å². The van der Waals surface area contributed by atoms with Gasteiger partial charge in [-0.2, -0.15) is 0 Å². The molecule has 0 saturated heterocycles. The lowest BCUT2D eigenvalue weighted by atomic mass is 10.2. The normalized spacial score (nSPS) is 11.5. The third kappa shape index (κ3) is 6.70.